The van der Waals surface area contributed by atoms with Crippen molar-refractivity contribution in [1.29, 1.82) is 0 Å². The Balaban J connectivity index is 1.42. The van der Waals surface area contributed by atoms with Crippen molar-refractivity contribution in [2.24, 2.45) is 0 Å². The molecule has 3 aromatic carbocycles. The summed E-state index contributed by atoms with van der Waals surface area (Å²) in [5, 5.41) is 2.69. The Labute approximate surface area is 197 Å². The number of para-hydroxylation sites is 4. The maximum absolute atomic E-state index is 12.9. The number of fused-ring (bicyclic) bond motifs is 1. The number of hydrogen-bond donors (Lipinski definition) is 2. The Kier molecular flexibility index (Phi) is 6.69. The van der Waals surface area contributed by atoms with Crippen molar-refractivity contribution in [1.82, 2.24) is 0 Å². The third-order valence-corrected chi connectivity index (χ3v) is 6.51. The third kappa shape index (κ3) is 5.12. The van der Waals surface area contributed by atoms with Crippen molar-refractivity contribution in [2.45, 2.75) is 11.3 Å². The van der Waals surface area contributed by atoms with Gasteiger partial charge in [0.05, 0.1) is 23.4 Å². The molecule has 1 aliphatic heterocycles. The third-order valence-electron chi connectivity index (χ3n) is 5.15. The number of sulfonamides is 1. The first-order valence-corrected chi connectivity index (χ1v) is 11.9. The quantitative estimate of drug-likeness (QED) is 0.511. The predicted molar refractivity (Wildman–Crippen MR) is 128 cm³/mol. The summed E-state index contributed by atoms with van der Waals surface area (Å²) in [6.45, 7) is 0.0795. The summed E-state index contributed by atoms with van der Waals surface area (Å²) in [6, 6.07) is 19.7. The molecule has 0 fully saturated rings. The minimum atomic E-state index is -3.92. The minimum Gasteiger partial charge on any atom is -0.495 e. The molecular formula is C24H23N3O6S. The zero-order valence-electron chi connectivity index (χ0n) is 18.4. The van der Waals surface area contributed by atoms with Crippen molar-refractivity contribution < 1.29 is 27.5 Å². The molecule has 0 aliphatic carbocycles. The highest BCUT2D eigenvalue weighted by Crippen LogP contribution is 2.31. The van der Waals surface area contributed by atoms with Gasteiger partial charge >= 0.3 is 0 Å². The summed E-state index contributed by atoms with van der Waals surface area (Å²) < 4.78 is 38.8. The average Bonchev–Trinajstić information content (AvgIpc) is 2.83. The summed E-state index contributed by atoms with van der Waals surface area (Å²) >= 11 is 0. The number of methoxy groups -OCH3 is 1. The van der Waals surface area contributed by atoms with Gasteiger partial charge < -0.3 is 19.7 Å². The molecule has 34 heavy (non-hydrogen) atoms. The molecule has 2 amide bonds. The summed E-state index contributed by atoms with van der Waals surface area (Å²) in [5.74, 6) is 0.378. The highest BCUT2D eigenvalue weighted by Gasteiger charge is 2.25. The summed E-state index contributed by atoms with van der Waals surface area (Å²) in [4.78, 5) is 26.3. The standard InChI is InChI=1S/C24H23N3O6S/c1-32-21-11-4-2-9-19(21)26-34(30,31)18-8-6-7-17(15-18)25-23(28)13-14-27-20-10-3-5-12-22(20)33-16-24(27)29/h2-12,15,26H,13-14,16H2,1H3,(H,25,28). The Morgan fingerprint density at radius 1 is 1.06 bits per heavy atom. The van der Waals surface area contributed by atoms with Crippen molar-refractivity contribution in [3.05, 3.63) is 72.8 Å². The van der Waals surface area contributed by atoms with Crippen molar-refractivity contribution in [3.8, 4) is 11.5 Å². The predicted octanol–water partition coefficient (Wildman–Crippen LogP) is 3.25. The molecule has 0 unspecified atom stereocenters. The molecule has 0 radical (unpaired) electrons. The molecule has 9 nitrogen and oxygen atoms in total. The molecule has 176 valence electrons. The maximum atomic E-state index is 12.9. The van der Waals surface area contributed by atoms with E-state index in [0.717, 1.165) is 0 Å². The molecular weight excluding hydrogens is 458 g/mol. The Bertz CT molecular complexity index is 1330. The van der Waals surface area contributed by atoms with Crippen LogP contribution in [0.25, 0.3) is 0 Å². The van der Waals surface area contributed by atoms with E-state index in [1.54, 1.807) is 48.5 Å². The molecule has 0 aromatic heterocycles. The van der Waals surface area contributed by atoms with Crippen molar-refractivity contribution in [2.75, 3.05) is 35.2 Å². The number of nitrogens with one attached hydrogen (secondary N) is 2. The molecule has 0 saturated carbocycles. The monoisotopic (exact) mass is 481 g/mol. The SMILES string of the molecule is COc1ccccc1NS(=O)(=O)c1cccc(NC(=O)CCN2C(=O)COc3ccccc32)c1. The lowest BCUT2D eigenvalue weighted by atomic mass is 10.2. The molecule has 3 aromatic rings. The summed E-state index contributed by atoms with van der Waals surface area (Å²) in [5.41, 5.74) is 1.23. The van der Waals surface area contributed by atoms with Crippen LogP contribution in [-0.2, 0) is 19.6 Å². The number of amides is 2. The van der Waals surface area contributed by atoms with Crippen LogP contribution in [0.15, 0.2) is 77.7 Å². The van der Waals surface area contributed by atoms with E-state index in [0.29, 0.717) is 28.6 Å². The molecule has 1 aliphatic rings. The van der Waals surface area contributed by atoms with Gasteiger partial charge in [-0.05, 0) is 42.5 Å². The Morgan fingerprint density at radius 2 is 1.82 bits per heavy atom. The molecule has 4 rings (SSSR count). The molecule has 0 bridgehead atoms. The van der Waals surface area contributed by atoms with E-state index >= 15 is 0 Å². The van der Waals surface area contributed by atoms with E-state index < -0.39 is 10.0 Å². The van der Waals surface area contributed by atoms with Gasteiger partial charge in [-0.3, -0.25) is 14.3 Å². The number of ether oxygens (including phenoxy) is 2. The number of rotatable bonds is 8. The molecule has 2 N–H and O–H groups in total. The fraction of sp³-hybridized carbons (Fsp3) is 0.167. The van der Waals surface area contributed by atoms with Gasteiger partial charge in [0.25, 0.3) is 15.9 Å². The molecule has 0 spiro atoms. The second kappa shape index (κ2) is 9.84. The first-order valence-electron chi connectivity index (χ1n) is 10.5. The first kappa shape index (κ1) is 23.1. The van der Waals surface area contributed by atoms with Crippen LogP contribution in [-0.4, -0.2) is 40.5 Å². The van der Waals surface area contributed by atoms with Gasteiger partial charge in [-0.1, -0.05) is 30.3 Å². The van der Waals surface area contributed by atoms with E-state index in [1.165, 1.54) is 30.2 Å². The fourth-order valence-electron chi connectivity index (χ4n) is 3.51. The maximum Gasteiger partial charge on any atom is 0.265 e. The Hall–Kier alpha value is -4.05. The van der Waals surface area contributed by atoms with Crippen LogP contribution in [0.4, 0.5) is 17.1 Å². The minimum absolute atomic E-state index is 0.0199. The second-order valence-electron chi connectivity index (χ2n) is 7.43. The fourth-order valence-corrected chi connectivity index (χ4v) is 4.63. The number of hydrogen-bond acceptors (Lipinski definition) is 6. The van der Waals surface area contributed by atoms with E-state index in [2.05, 4.69) is 10.0 Å². The smallest absolute Gasteiger partial charge is 0.265 e. The van der Waals surface area contributed by atoms with E-state index in [1.807, 2.05) is 6.07 Å². The van der Waals surface area contributed by atoms with E-state index in [9.17, 15) is 18.0 Å². The average molecular weight is 482 g/mol. The van der Waals surface area contributed by atoms with Gasteiger partial charge in [-0.25, -0.2) is 8.42 Å². The Morgan fingerprint density at radius 3 is 2.65 bits per heavy atom. The lowest BCUT2D eigenvalue weighted by Gasteiger charge is -2.29. The summed E-state index contributed by atoms with van der Waals surface area (Å²) in [7, 11) is -2.47. The topological polar surface area (TPSA) is 114 Å². The van der Waals surface area contributed by atoms with Crippen LogP contribution in [0.3, 0.4) is 0 Å². The van der Waals surface area contributed by atoms with Crippen LogP contribution in [0, 0.1) is 0 Å². The van der Waals surface area contributed by atoms with Crippen LogP contribution < -0.4 is 24.4 Å². The van der Waals surface area contributed by atoms with Crippen molar-refractivity contribution >= 4 is 38.9 Å². The molecule has 0 saturated heterocycles. The van der Waals surface area contributed by atoms with Gasteiger partial charge in [0.1, 0.15) is 11.5 Å². The second-order valence-corrected chi connectivity index (χ2v) is 9.12. The van der Waals surface area contributed by atoms with Crippen molar-refractivity contribution in [3.63, 3.8) is 0 Å². The van der Waals surface area contributed by atoms with Gasteiger partial charge in [-0.2, -0.15) is 0 Å². The molecule has 0 atom stereocenters. The van der Waals surface area contributed by atoms with E-state index in [-0.39, 0.29) is 36.3 Å². The first-order chi connectivity index (χ1) is 16.4. The van der Waals surface area contributed by atoms with Crippen LogP contribution in [0.5, 0.6) is 11.5 Å². The zero-order valence-corrected chi connectivity index (χ0v) is 19.2. The van der Waals surface area contributed by atoms with Crippen LogP contribution >= 0.6 is 0 Å². The number of nitrogens with zero attached hydrogens (tertiary/aromatic N) is 1. The van der Waals surface area contributed by atoms with Crippen LogP contribution in [0.2, 0.25) is 0 Å². The summed E-state index contributed by atoms with van der Waals surface area (Å²) in [6.07, 6.45) is 0.0243. The highest BCUT2D eigenvalue weighted by atomic mass is 32.2. The normalized spacial score (nSPS) is 13.0. The molecule has 10 heteroatoms. The lowest BCUT2D eigenvalue weighted by Crippen LogP contribution is -2.40. The van der Waals surface area contributed by atoms with Crippen LogP contribution in [0.1, 0.15) is 6.42 Å². The largest absolute Gasteiger partial charge is 0.495 e. The zero-order chi connectivity index (χ0) is 24.1. The van der Waals surface area contributed by atoms with Gasteiger partial charge in [0.15, 0.2) is 6.61 Å². The number of benzene rings is 3. The molecule has 1 heterocycles. The number of anilines is 3. The number of carbonyl (C=O) groups is 2. The van der Waals surface area contributed by atoms with Gasteiger partial charge in [0.2, 0.25) is 5.91 Å². The van der Waals surface area contributed by atoms with Gasteiger partial charge in [-0.15, -0.1) is 0 Å². The highest BCUT2D eigenvalue weighted by molar-refractivity contribution is 7.92. The van der Waals surface area contributed by atoms with E-state index in [4.69, 9.17) is 9.47 Å². The lowest BCUT2D eigenvalue weighted by molar-refractivity contribution is -0.121. The number of carbonyl (C=O) groups excluding carboxylic acids is 2. The van der Waals surface area contributed by atoms with Gasteiger partial charge in [0, 0.05) is 18.7 Å².